The Morgan fingerprint density at radius 2 is 2.07 bits per heavy atom. The molecule has 0 radical (unpaired) electrons. The van der Waals surface area contributed by atoms with Crippen LogP contribution in [0.15, 0.2) is 33.9 Å². The minimum atomic E-state index is -0.625. The van der Waals surface area contributed by atoms with Crippen molar-refractivity contribution in [2.45, 2.75) is 6.42 Å². The number of hydrogen-bond acceptors (Lipinski definition) is 4. The van der Waals surface area contributed by atoms with E-state index >= 15 is 0 Å². The number of ether oxygens (including phenoxy) is 1. The highest BCUT2D eigenvalue weighted by Crippen LogP contribution is 2.11. The van der Waals surface area contributed by atoms with Crippen molar-refractivity contribution in [3.8, 4) is 0 Å². The molecule has 0 aromatic heterocycles. The number of benzene rings is 1. The second-order valence-electron chi connectivity index (χ2n) is 2.84. The molecule has 15 heavy (non-hydrogen) atoms. The molecule has 0 aliphatic carbocycles. The molecule has 0 bridgehead atoms. The predicted molar refractivity (Wildman–Crippen MR) is 59.1 cm³/mol. The summed E-state index contributed by atoms with van der Waals surface area (Å²) in [6.07, 6.45) is 0.246. The van der Waals surface area contributed by atoms with Crippen molar-refractivity contribution < 1.29 is 14.7 Å². The van der Waals surface area contributed by atoms with Gasteiger partial charge in [0.2, 0.25) is 0 Å². The average Bonchev–Trinajstić information content (AvgIpc) is 2.27. The summed E-state index contributed by atoms with van der Waals surface area (Å²) in [5.41, 5.74) is 0.858. The predicted octanol–water partition coefficient (Wildman–Crippen LogP) is 1.99. The number of carbonyl (C=O) groups is 1. The van der Waals surface area contributed by atoms with Gasteiger partial charge in [0.25, 0.3) is 0 Å². The van der Waals surface area contributed by atoms with Gasteiger partial charge in [0.1, 0.15) is 0 Å². The molecule has 0 unspecified atom stereocenters. The Balaban J connectivity index is 2.76. The third-order valence-electron chi connectivity index (χ3n) is 1.83. The van der Waals surface area contributed by atoms with Gasteiger partial charge in [0, 0.05) is 10.9 Å². The maximum absolute atomic E-state index is 11.1. The van der Waals surface area contributed by atoms with E-state index in [4.69, 9.17) is 5.21 Å². The van der Waals surface area contributed by atoms with E-state index in [1.165, 1.54) is 7.11 Å². The summed E-state index contributed by atoms with van der Waals surface area (Å²) >= 11 is 3.30. The lowest BCUT2D eigenvalue weighted by Gasteiger charge is -2.02. The molecule has 80 valence electrons. The van der Waals surface area contributed by atoms with Crippen molar-refractivity contribution in [1.29, 1.82) is 0 Å². The molecule has 0 aliphatic heterocycles. The maximum Gasteiger partial charge on any atom is 0.356 e. The van der Waals surface area contributed by atoms with Crippen LogP contribution in [0.2, 0.25) is 0 Å². The summed E-state index contributed by atoms with van der Waals surface area (Å²) in [6, 6.07) is 7.36. The molecule has 1 rings (SSSR count). The molecule has 0 spiro atoms. The topological polar surface area (TPSA) is 58.9 Å². The third-order valence-corrected chi connectivity index (χ3v) is 2.36. The molecule has 1 N–H and O–H groups in total. The SMILES string of the molecule is COC(=O)/C(Cc1ccc(Br)cc1)=N\O. The Morgan fingerprint density at radius 3 is 2.53 bits per heavy atom. The Labute approximate surface area is 95.7 Å². The molecule has 4 nitrogen and oxygen atoms in total. The zero-order valence-corrected chi connectivity index (χ0v) is 9.69. The van der Waals surface area contributed by atoms with Crippen molar-refractivity contribution in [3.63, 3.8) is 0 Å². The monoisotopic (exact) mass is 271 g/mol. The van der Waals surface area contributed by atoms with Crippen LogP contribution in [0, 0.1) is 0 Å². The highest BCUT2D eigenvalue weighted by molar-refractivity contribution is 9.10. The first-order valence-electron chi connectivity index (χ1n) is 4.21. The molecule has 0 heterocycles. The number of carbonyl (C=O) groups excluding carboxylic acids is 1. The van der Waals surface area contributed by atoms with Crippen LogP contribution in [0.5, 0.6) is 0 Å². The van der Waals surface area contributed by atoms with Crippen molar-refractivity contribution in [2.75, 3.05) is 7.11 Å². The number of hydrogen-bond donors (Lipinski definition) is 1. The van der Waals surface area contributed by atoms with Crippen molar-refractivity contribution in [3.05, 3.63) is 34.3 Å². The van der Waals surface area contributed by atoms with E-state index in [1.54, 1.807) is 0 Å². The molecule has 0 amide bonds. The number of methoxy groups -OCH3 is 1. The molecule has 0 saturated heterocycles. The largest absolute Gasteiger partial charge is 0.464 e. The van der Waals surface area contributed by atoms with E-state index in [1.807, 2.05) is 24.3 Å². The van der Waals surface area contributed by atoms with Crippen molar-refractivity contribution in [2.24, 2.45) is 5.16 Å². The molecule has 0 saturated carbocycles. The van der Waals surface area contributed by atoms with Gasteiger partial charge in [0.15, 0.2) is 5.71 Å². The van der Waals surface area contributed by atoms with Crippen LogP contribution in [0.25, 0.3) is 0 Å². The first-order valence-corrected chi connectivity index (χ1v) is 5.00. The lowest BCUT2D eigenvalue weighted by Crippen LogP contribution is -2.18. The summed E-state index contributed by atoms with van der Waals surface area (Å²) in [7, 11) is 1.25. The van der Waals surface area contributed by atoms with Gasteiger partial charge in [-0.3, -0.25) is 0 Å². The molecule has 1 aromatic carbocycles. The molecule has 5 heteroatoms. The fourth-order valence-corrected chi connectivity index (χ4v) is 1.33. The van der Waals surface area contributed by atoms with E-state index in [0.717, 1.165) is 10.0 Å². The Bertz CT molecular complexity index is 373. The molecule has 0 aliphatic rings. The molecule has 1 aromatic rings. The van der Waals surface area contributed by atoms with Gasteiger partial charge in [-0.1, -0.05) is 33.2 Å². The lowest BCUT2D eigenvalue weighted by atomic mass is 10.1. The molecule has 0 atom stereocenters. The van der Waals surface area contributed by atoms with Gasteiger partial charge >= 0.3 is 5.97 Å². The maximum atomic E-state index is 11.1. The fraction of sp³-hybridized carbons (Fsp3) is 0.200. The van der Waals surface area contributed by atoms with Gasteiger partial charge in [-0.25, -0.2) is 4.79 Å². The van der Waals surface area contributed by atoms with Crippen LogP contribution in [0.3, 0.4) is 0 Å². The second kappa shape index (κ2) is 5.50. The zero-order chi connectivity index (χ0) is 11.3. The number of esters is 1. The van der Waals surface area contributed by atoms with Gasteiger partial charge < -0.3 is 9.94 Å². The first kappa shape index (κ1) is 11.7. The third kappa shape index (κ3) is 3.36. The van der Waals surface area contributed by atoms with Crippen LogP contribution in [0.1, 0.15) is 5.56 Å². The normalized spacial score (nSPS) is 11.2. The van der Waals surface area contributed by atoms with E-state index in [2.05, 4.69) is 25.8 Å². The van der Waals surface area contributed by atoms with E-state index in [-0.39, 0.29) is 12.1 Å². The smallest absolute Gasteiger partial charge is 0.356 e. The summed E-state index contributed by atoms with van der Waals surface area (Å²) in [6.45, 7) is 0. The number of rotatable bonds is 3. The summed E-state index contributed by atoms with van der Waals surface area (Å²) in [5.74, 6) is -0.625. The Kier molecular flexibility index (Phi) is 4.30. The highest BCUT2D eigenvalue weighted by Gasteiger charge is 2.12. The molecule has 0 fully saturated rings. The molecular weight excluding hydrogens is 262 g/mol. The minimum absolute atomic E-state index is 0.0141. The van der Waals surface area contributed by atoms with Gasteiger partial charge in [-0.05, 0) is 17.7 Å². The minimum Gasteiger partial charge on any atom is -0.464 e. The Morgan fingerprint density at radius 1 is 1.47 bits per heavy atom. The number of nitrogens with zero attached hydrogens (tertiary/aromatic N) is 1. The van der Waals surface area contributed by atoms with E-state index in [9.17, 15) is 4.79 Å². The number of halogens is 1. The van der Waals surface area contributed by atoms with Crippen LogP contribution in [-0.2, 0) is 16.0 Å². The second-order valence-corrected chi connectivity index (χ2v) is 3.76. The summed E-state index contributed by atoms with van der Waals surface area (Å²) < 4.78 is 5.41. The van der Waals surface area contributed by atoms with Crippen LogP contribution in [0.4, 0.5) is 0 Å². The molecular formula is C10H10BrNO3. The van der Waals surface area contributed by atoms with Crippen LogP contribution >= 0.6 is 15.9 Å². The van der Waals surface area contributed by atoms with E-state index in [0.29, 0.717) is 0 Å². The fourth-order valence-electron chi connectivity index (χ4n) is 1.06. The van der Waals surface area contributed by atoms with Gasteiger partial charge in [-0.2, -0.15) is 0 Å². The summed E-state index contributed by atoms with van der Waals surface area (Å²) in [5, 5.41) is 11.5. The van der Waals surface area contributed by atoms with Crippen LogP contribution in [-0.4, -0.2) is 24.0 Å². The highest BCUT2D eigenvalue weighted by atomic mass is 79.9. The Hall–Kier alpha value is -1.36. The first-order chi connectivity index (χ1) is 7.17. The quantitative estimate of drug-likeness (QED) is 0.396. The van der Waals surface area contributed by atoms with Gasteiger partial charge in [-0.15, -0.1) is 0 Å². The summed E-state index contributed by atoms with van der Waals surface area (Å²) in [4.78, 5) is 11.1. The average molecular weight is 272 g/mol. The van der Waals surface area contributed by atoms with Gasteiger partial charge in [0.05, 0.1) is 7.11 Å². The van der Waals surface area contributed by atoms with Crippen molar-refractivity contribution in [1.82, 2.24) is 0 Å². The zero-order valence-electron chi connectivity index (χ0n) is 8.11. The van der Waals surface area contributed by atoms with Crippen molar-refractivity contribution >= 4 is 27.6 Å². The van der Waals surface area contributed by atoms with E-state index < -0.39 is 5.97 Å². The van der Waals surface area contributed by atoms with Crippen LogP contribution < -0.4 is 0 Å². The standard InChI is InChI=1S/C10H10BrNO3/c1-15-10(13)9(12-14)6-7-2-4-8(11)5-3-7/h2-5,14H,6H2,1H3/b12-9-. The lowest BCUT2D eigenvalue weighted by molar-refractivity contribution is -0.132. The number of oxime groups is 1.